The van der Waals surface area contributed by atoms with Crippen LogP contribution in [0.5, 0.6) is 0 Å². The van der Waals surface area contributed by atoms with Gasteiger partial charge in [-0.1, -0.05) is 48.5 Å². The van der Waals surface area contributed by atoms with Gasteiger partial charge in [-0.25, -0.2) is 0 Å². The summed E-state index contributed by atoms with van der Waals surface area (Å²) in [6.07, 6.45) is 6.59. The summed E-state index contributed by atoms with van der Waals surface area (Å²) in [6.45, 7) is 9.13. The third-order valence-electron chi connectivity index (χ3n) is 6.51. The zero-order chi connectivity index (χ0) is 27.2. The van der Waals surface area contributed by atoms with Crippen molar-refractivity contribution < 1.29 is 38.9 Å². The molecule has 9 nitrogen and oxygen atoms in total. The molecule has 9 heteroatoms. The van der Waals surface area contributed by atoms with Crippen molar-refractivity contribution in [3.05, 3.63) is 47.6 Å². The van der Waals surface area contributed by atoms with Gasteiger partial charge in [-0.2, -0.15) is 0 Å². The van der Waals surface area contributed by atoms with Crippen LogP contribution in [0.25, 0.3) is 0 Å². The Balaban J connectivity index is 2.60. The average Bonchev–Trinajstić information content (AvgIpc) is 2.80. The normalized spacial score (nSPS) is 37.3. The molecule has 0 spiro atoms. The summed E-state index contributed by atoms with van der Waals surface area (Å²) in [5.74, 6) is -3.31. The Morgan fingerprint density at radius 2 is 1.83 bits per heavy atom. The Kier molecular flexibility index (Phi) is 9.95. The van der Waals surface area contributed by atoms with Gasteiger partial charge in [-0.05, 0) is 40.2 Å². The fourth-order valence-electron chi connectivity index (χ4n) is 4.17. The van der Waals surface area contributed by atoms with Gasteiger partial charge in [0.15, 0.2) is 5.78 Å². The second-order valence-electron chi connectivity index (χ2n) is 9.72. The smallest absolute Gasteiger partial charge is 0.322 e. The van der Waals surface area contributed by atoms with Gasteiger partial charge in [0.2, 0.25) is 5.91 Å². The van der Waals surface area contributed by atoms with Crippen LogP contribution in [0.3, 0.4) is 0 Å². The number of ketones is 1. The second kappa shape index (κ2) is 12.3. The number of esters is 2. The molecular weight excluding hydrogens is 466 g/mol. The van der Waals surface area contributed by atoms with Crippen molar-refractivity contribution in [1.82, 2.24) is 5.32 Å². The number of aliphatic hydroxyl groups is 2. The molecule has 1 fully saturated rings. The van der Waals surface area contributed by atoms with Crippen LogP contribution in [-0.4, -0.2) is 64.3 Å². The van der Waals surface area contributed by atoms with Crippen LogP contribution in [-0.2, 0) is 28.7 Å². The number of nitrogens with one attached hydrogen (secondary N) is 1. The van der Waals surface area contributed by atoms with Gasteiger partial charge in [0.25, 0.3) is 0 Å². The van der Waals surface area contributed by atoms with E-state index in [2.05, 4.69) is 5.32 Å². The highest BCUT2D eigenvalue weighted by molar-refractivity contribution is 6.08. The van der Waals surface area contributed by atoms with Gasteiger partial charge in [0, 0.05) is 13.3 Å². The first-order valence-electron chi connectivity index (χ1n) is 12.1. The Labute approximate surface area is 211 Å². The minimum atomic E-state index is -1.77. The number of hydrogen-bond donors (Lipinski definition) is 3. The minimum absolute atomic E-state index is 0.0713. The molecule has 2 bridgehead atoms. The molecule has 0 radical (unpaired) electrons. The lowest BCUT2D eigenvalue weighted by molar-refractivity contribution is -0.182. The highest BCUT2D eigenvalue weighted by Crippen LogP contribution is 2.38. The van der Waals surface area contributed by atoms with Gasteiger partial charge < -0.3 is 25.0 Å². The lowest BCUT2D eigenvalue weighted by atomic mass is 9.69. The largest absolute Gasteiger partial charge is 0.461 e. The van der Waals surface area contributed by atoms with Gasteiger partial charge in [0.05, 0.1) is 18.1 Å². The number of Topliss-reactive ketones (excluding diaryl/α,β-unsaturated/α-hetero) is 1. The van der Waals surface area contributed by atoms with Crippen molar-refractivity contribution in [2.24, 2.45) is 11.3 Å². The topological polar surface area (TPSA) is 139 Å². The van der Waals surface area contributed by atoms with Crippen molar-refractivity contribution in [2.45, 2.75) is 84.8 Å². The highest BCUT2D eigenvalue weighted by atomic mass is 16.6. The van der Waals surface area contributed by atoms with Crippen molar-refractivity contribution in [3.63, 3.8) is 0 Å². The van der Waals surface area contributed by atoms with Gasteiger partial charge in [-0.3, -0.25) is 19.2 Å². The maximum Gasteiger partial charge on any atom is 0.322 e. The standard InChI is InChI=1S/C27H37NO8/c1-15-7-10-20(31)11-8-16(2)13-23(28-25(33)18(4)29)27(6)24(32)17(3)22(36-26(27)34)14-21(12-9-15)35-19(5)30/h7-9,11-13,17-18,20-23,29,31H,10,14H2,1-6H3,(H,28,33)/b11-8+,12-9+,15-7+,16-13-/t17-,18-,20+,21-,22-,23?,27-/m1/s1. The molecule has 3 aliphatic rings. The number of amides is 1. The molecule has 36 heavy (non-hydrogen) atoms. The van der Waals surface area contributed by atoms with E-state index < -0.39 is 65.4 Å². The van der Waals surface area contributed by atoms with E-state index in [1.54, 1.807) is 38.2 Å². The quantitative estimate of drug-likeness (QED) is 0.393. The molecule has 0 aromatic rings. The van der Waals surface area contributed by atoms with E-state index in [9.17, 15) is 29.4 Å². The van der Waals surface area contributed by atoms with Crippen molar-refractivity contribution in [3.8, 4) is 0 Å². The molecule has 198 valence electrons. The molecule has 7 atom stereocenters. The molecule has 0 saturated carbocycles. The molecular formula is C27H37NO8. The van der Waals surface area contributed by atoms with Crippen LogP contribution in [0.4, 0.5) is 0 Å². The van der Waals surface area contributed by atoms with Crippen LogP contribution in [0.1, 0.15) is 54.4 Å². The predicted octanol–water partition coefficient (Wildman–Crippen LogP) is 2.08. The number of ether oxygens (including phenoxy) is 2. The molecule has 1 saturated heterocycles. The molecule has 3 N–H and O–H groups in total. The summed E-state index contributed by atoms with van der Waals surface area (Å²) >= 11 is 0. The SMILES string of the molecule is CC(=O)O[C@@H]1/C=C/C(C)=C/C[C@H](O)/C=C/C(C)=C\C(NC(=O)[C@@H](C)O)[C@@]2(C)C(=O)O[C@H](C1)[C@@H](C)C2=O. The summed E-state index contributed by atoms with van der Waals surface area (Å²) in [7, 11) is 0. The molecule has 2 heterocycles. The summed E-state index contributed by atoms with van der Waals surface area (Å²) in [5, 5.41) is 22.7. The van der Waals surface area contributed by atoms with Gasteiger partial charge >= 0.3 is 11.9 Å². The lowest BCUT2D eigenvalue weighted by Crippen LogP contribution is -2.62. The monoisotopic (exact) mass is 503 g/mol. The van der Waals surface area contributed by atoms with Crippen LogP contribution >= 0.6 is 0 Å². The summed E-state index contributed by atoms with van der Waals surface area (Å²) in [6, 6.07) is -1.12. The Morgan fingerprint density at radius 3 is 2.44 bits per heavy atom. The van der Waals surface area contributed by atoms with Crippen LogP contribution < -0.4 is 5.32 Å². The number of fused-ring (bicyclic) bond motifs is 10. The van der Waals surface area contributed by atoms with Crippen LogP contribution in [0, 0.1) is 11.3 Å². The molecule has 0 aromatic carbocycles. The van der Waals surface area contributed by atoms with E-state index in [0.29, 0.717) is 12.0 Å². The van der Waals surface area contributed by atoms with E-state index in [1.807, 2.05) is 13.0 Å². The Hall–Kier alpha value is -3.04. The lowest BCUT2D eigenvalue weighted by Gasteiger charge is -2.42. The predicted molar refractivity (Wildman–Crippen MR) is 132 cm³/mol. The maximum atomic E-state index is 13.7. The third kappa shape index (κ3) is 7.24. The third-order valence-corrected chi connectivity index (χ3v) is 6.51. The van der Waals surface area contributed by atoms with E-state index in [1.165, 1.54) is 26.8 Å². The minimum Gasteiger partial charge on any atom is -0.461 e. The summed E-state index contributed by atoms with van der Waals surface area (Å²) in [4.78, 5) is 51.0. The van der Waals surface area contributed by atoms with Gasteiger partial charge in [-0.15, -0.1) is 0 Å². The van der Waals surface area contributed by atoms with E-state index in [4.69, 9.17) is 9.47 Å². The van der Waals surface area contributed by atoms with E-state index >= 15 is 0 Å². The molecule has 1 unspecified atom stereocenters. The first-order valence-corrected chi connectivity index (χ1v) is 12.1. The van der Waals surface area contributed by atoms with Crippen molar-refractivity contribution in [1.29, 1.82) is 0 Å². The fraction of sp³-hybridized carbons (Fsp3) is 0.556. The Bertz CT molecular complexity index is 992. The number of rotatable bonds is 3. The van der Waals surface area contributed by atoms with E-state index in [-0.39, 0.29) is 6.42 Å². The zero-order valence-corrected chi connectivity index (χ0v) is 21.7. The fourth-order valence-corrected chi connectivity index (χ4v) is 4.17. The van der Waals surface area contributed by atoms with Gasteiger partial charge in [0.1, 0.15) is 23.7 Å². The molecule has 0 aromatic heterocycles. The first-order chi connectivity index (χ1) is 16.7. The number of allylic oxidation sites excluding steroid dienone is 4. The highest BCUT2D eigenvalue weighted by Gasteiger charge is 2.56. The second-order valence-corrected chi connectivity index (χ2v) is 9.72. The molecule has 3 rings (SSSR count). The van der Waals surface area contributed by atoms with Crippen molar-refractivity contribution >= 4 is 23.6 Å². The number of carbonyl (C=O) groups is 4. The maximum absolute atomic E-state index is 13.7. The number of aliphatic hydroxyl groups excluding tert-OH is 2. The average molecular weight is 504 g/mol. The Morgan fingerprint density at radius 1 is 1.19 bits per heavy atom. The number of carbonyl (C=O) groups excluding carboxylic acids is 4. The van der Waals surface area contributed by atoms with Crippen LogP contribution in [0.2, 0.25) is 0 Å². The van der Waals surface area contributed by atoms with E-state index in [0.717, 1.165) is 5.57 Å². The zero-order valence-electron chi connectivity index (χ0n) is 21.7. The van der Waals surface area contributed by atoms with Crippen molar-refractivity contribution in [2.75, 3.05) is 0 Å². The molecule has 1 amide bonds. The summed E-state index contributed by atoms with van der Waals surface area (Å²) < 4.78 is 11.1. The van der Waals surface area contributed by atoms with Crippen LogP contribution in [0.15, 0.2) is 47.6 Å². The first kappa shape index (κ1) is 29.2. The molecule has 1 aliphatic carbocycles. The summed E-state index contributed by atoms with van der Waals surface area (Å²) in [5.41, 5.74) is -0.358. The molecule has 2 aliphatic heterocycles. The number of hydrogen-bond acceptors (Lipinski definition) is 8.